The van der Waals surface area contributed by atoms with Crippen LogP contribution in [-0.4, -0.2) is 21.5 Å². The summed E-state index contributed by atoms with van der Waals surface area (Å²) in [6.07, 6.45) is -1.32. The molecule has 1 atom stereocenters. The highest BCUT2D eigenvalue weighted by atomic mass is 16.4. The first kappa shape index (κ1) is 18.0. The Bertz CT molecular complexity index is 818. The Morgan fingerprint density at radius 3 is 2.42 bits per heavy atom. The molecule has 0 radical (unpaired) electrons. The van der Waals surface area contributed by atoms with Gasteiger partial charge in [-0.15, -0.1) is 0 Å². The van der Waals surface area contributed by atoms with Gasteiger partial charge in [-0.3, -0.25) is 0 Å². The highest BCUT2D eigenvalue weighted by Gasteiger charge is 2.35. The van der Waals surface area contributed by atoms with E-state index < -0.39 is 23.3 Å². The van der Waals surface area contributed by atoms with Crippen molar-refractivity contribution in [2.45, 2.75) is 53.1 Å². The van der Waals surface area contributed by atoms with Crippen LogP contribution in [0.2, 0.25) is 0 Å². The highest BCUT2D eigenvalue weighted by Crippen LogP contribution is 2.33. The maximum atomic E-state index is 12.4. The summed E-state index contributed by atoms with van der Waals surface area (Å²) >= 11 is 0. The van der Waals surface area contributed by atoms with Crippen LogP contribution in [0.25, 0.3) is 10.9 Å². The van der Waals surface area contributed by atoms with E-state index in [1.165, 1.54) is 4.90 Å². The highest BCUT2D eigenvalue weighted by molar-refractivity contribution is 5.80. The molecular formula is C18H23N2O4-. The molecule has 0 aliphatic heterocycles. The van der Waals surface area contributed by atoms with Gasteiger partial charge in [-0.25, -0.2) is 9.78 Å². The summed E-state index contributed by atoms with van der Waals surface area (Å²) < 4.78 is 5.42. The molecule has 0 saturated carbocycles. The summed E-state index contributed by atoms with van der Waals surface area (Å²) in [4.78, 5) is 29.8. The van der Waals surface area contributed by atoms with Gasteiger partial charge in [0, 0.05) is 5.54 Å². The van der Waals surface area contributed by atoms with E-state index in [9.17, 15) is 14.7 Å². The van der Waals surface area contributed by atoms with Crippen molar-refractivity contribution in [2.24, 2.45) is 5.92 Å². The van der Waals surface area contributed by atoms with Crippen LogP contribution in [-0.2, 0) is 0 Å². The Morgan fingerprint density at radius 2 is 1.92 bits per heavy atom. The molecule has 2 aromatic rings. The van der Waals surface area contributed by atoms with Crippen molar-refractivity contribution < 1.29 is 14.3 Å². The van der Waals surface area contributed by atoms with Gasteiger partial charge in [0.15, 0.2) is 0 Å². The normalized spacial score (nSPS) is 13.3. The van der Waals surface area contributed by atoms with Gasteiger partial charge < -0.3 is 19.2 Å². The third-order valence-electron chi connectivity index (χ3n) is 3.96. The number of amides is 1. The van der Waals surface area contributed by atoms with Gasteiger partial charge in [0.1, 0.15) is 12.1 Å². The Labute approximate surface area is 141 Å². The van der Waals surface area contributed by atoms with E-state index >= 15 is 0 Å². The minimum atomic E-state index is -1.32. The van der Waals surface area contributed by atoms with Gasteiger partial charge in [0.2, 0.25) is 5.89 Å². The predicted molar refractivity (Wildman–Crippen MR) is 89.6 cm³/mol. The Hall–Kier alpha value is -2.37. The number of hydrogen-bond acceptors (Lipinski definition) is 5. The van der Waals surface area contributed by atoms with Crippen molar-refractivity contribution in [2.75, 3.05) is 0 Å². The second-order valence-electron chi connectivity index (χ2n) is 7.30. The van der Waals surface area contributed by atoms with Crippen LogP contribution in [0.5, 0.6) is 0 Å². The molecule has 6 nitrogen and oxygen atoms in total. The van der Waals surface area contributed by atoms with Crippen LogP contribution in [0, 0.1) is 12.8 Å². The van der Waals surface area contributed by atoms with Crippen molar-refractivity contribution >= 4 is 17.0 Å². The third kappa shape index (κ3) is 3.27. The molecule has 0 aliphatic carbocycles. The molecule has 0 N–H and O–H groups in total. The first-order chi connectivity index (χ1) is 11.0. The van der Waals surface area contributed by atoms with E-state index in [4.69, 9.17) is 4.42 Å². The molecule has 0 unspecified atom stereocenters. The van der Waals surface area contributed by atoms with Crippen LogP contribution in [0.15, 0.2) is 27.4 Å². The summed E-state index contributed by atoms with van der Waals surface area (Å²) in [6, 6.07) is 4.62. The summed E-state index contributed by atoms with van der Waals surface area (Å²) in [5, 5.41) is 12.2. The smallest absolute Gasteiger partial charge is 0.347 e. The Morgan fingerprint density at radius 1 is 1.29 bits per heavy atom. The van der Waals surface area contributed by atoms with E-state index in [-0.39, 0.29) is 11.8 Å². The minimum absolute atomic E-state index is 0.0900. The lowest BCUT2D eigenvalue weighted by Gasteiger charge is -2.44. The van der Waals surface area contributed by atoms with Crippen molar-refractivity contribution in [1.82, 2.24) is 9.88 Å². The third-order valence-corrected chi connectivity index (χ3v) is 3.96. The average Bonchev–Trinajstić information content (AvgIpc) is 2.41. The SMILES string of the molecule is Cc1cccc2nc([C@H](C(C)C)N(C(=O)[O-])C(C)(C)C)oc(=O)c12. The number of carbonyl (C=O) groups excluding carboxylic acids is 1. The molecule has 0 spiro atoms. The van der Waals surface area contributed by atoms with Crippen LogP contribution in [0.4, 0.5) is 4.79 Å². The van der Waals surface area contributed by atoms with E-state index in [1.807, 2.05) is 26.8 Å². The zero-order chi connectivity index (χ0) is 18.2. The van der Waals surface area contributed by atoms with Crippen molar-refractivity contribution in [3.63, 3.8) is 0 Å². The molecule has 0 aliphatic rings. The number of nitrogens with zero attached hydrogens (tertiary/aromatic N) is 2. The van der Waals surface area contributed by atoms with Gasteiger partial charge in [0.05, 0.1) is 10.9 Å². The van der Waals surface area contributed by atoms with Crippen molar-refractivity contribution in [3.05, 3.63) is 40.1 Å². The number of carbonyl (C=O) groups is 1. The molecule has 0 saturated heterocycles. The monoisotopic (exact) mass is 331 g/mol. The van der Waals surface area contributed by atoms with Crippen LogP contribution >= 0.6 is 0 Å². The summed E-state index contributed by atoms with van der Waals surface area (Å²) in [6.45, 7) is 10.8. The van der Waals surface area contributed by atoms with E-state index in [0.717, 1.165) is 5.56 Å². The number of benzene rings is 1. The van der Waals surface area contributed by atoms with Gasteiger partial charge in [0.25, 0.3) is 0 Å². The number of rotatable bonds is 3. The van der Waals surface area contributed by atoms with Gasteiger partial charge in [-0.05, 0) is 45.2 Å². The molecule has 24 heavy (non-hydrogen) atoms. The fourth-order valence-electron chi connectivity index (χ4n) is 2.92. The molecule has 130 valence electrons. The maximum absolute atomic E-state index is 12.4. The summed E-state index contributed by atoms with van der Waals surface area (Å²) in [7, 11) is 0. The van der Waals surface area contributed by atoms with Crippen molar-refractivity contribution in [3.8, 4) is 0 Å². The van der Waals surface area contributed by atoms with Crippen LogP contribution in [0.3, 0.4) is 0 Å². The lowest BCUT2D eigenvalue weighted by atomic mass is 9.96. The number of carboxylic acid groups (broad SMARTS) is 1. The lowest BCUT2D eigenvalue weighted by Crippen LogP contribution is -2.54. The molecule has 6 heteroatoms. The minimum Gasteiger partial charge on any atom is -0.530 e. The summed E-state index contributed by atoms with van der Waals surface area (Å²) in [5.41, 5.74) is 0.0364. The number of fused-ring (bicyclic) bond motifs is 1. The topological polar surface area (TPSA) is 86.5 Å². The van der Waals surface area contributed by atoms with Crippen LogP contribution < -0.4 is 10.7 Å². The largest absolute Gasteiger partial charge is 0.530 e. The zero-order valence-electron chi connectivity index (χ0n) is 14.9. The summed E-state index contributed by atoms with van der Waals surface area (Å²) in [5.74, 6) is -0.0627. The second-order valence-corrected chi connectivity index (χ2v) is 7.30. The molecular weight excluding hydrogens is 308 g/mol. The second kappa shape index (κ2) is 6.26. The van der Waals surface area contributed by atoms with Crippen molar-refractivity contribution in [1.29, 1.82) is 0 Å². The molecule has 0 fully saturated rings. The molecule has 2 rings (SSSR count). The van der Waals surface area contributed by atoms with E-state index in [0.29, 0.717) is 10.9 Å². The number of hydrogen-bond donors (Lipinski definition) is 0. The van der Waals surface area contributed by atoms with E-state index in [1.54, 1.807) is 32.9 Å². The number of aromatic nitrogens is 1. The fourth-order valence-corrected chi connectivity index (χ4v) is 2.92. The molecule has 1 aromatic heterocycles. The first-order valence-corrected chi connectivity index (χ1v) is 7.94. The lowest BCUT2D eigenvalue weighted by molar-refractivity contribution is -0.275. The first-order valence-electron chi connectivity index (χ1n) is 7.94. The standard InChI is InChI=1S/C18H24N2O4/c1-10(2)14(20(17(22)23)18(4,5)6)15-19-12-9-7-8-11(3)13(12)16(21)24-15/h7-10,14H,1-6H3,(H,22,23)/p-1/t14-/m0/s1. The van der Waals surface area contributed by atoms with Gasteiger partial charge in [-0.2, -0.15) is 0 Å². The van der Waals surface area contributed by atoms with Gasteiger partial charge in [-0.1, -0.05) is 26.0 Å². The maximum Gasteiger partial charge on any atom is 0.347 e. The quantitative estimate of drug-likeness (QED) is 0.863. The van der Waals surface area contributed by atoms with Crippen LogP contribution in [0.1, 0.15) is 52.1 Å². The van der Waals surface area contributed by atoms with E-state index in [2.05, 4.69) is 4.98 Å². The molecule has 1 heterocycles. The Kier molecular flexibility index (Phi) is 4.69. The molecule has 1 aromatic carbocycles. The molecule has 0 bridgehead atoms. The average molecular weight is 331 g/mol. The van der Waals surface area contributed by atoms with Gasteiger partial charge >= 0.3 is 5.63 Å². The molecule has 1 amide bonds. The fraction of sp³-hybridized carbons (Fsp3) is 0.500. The predicted octanol–water partition coefficient (Wildman–Crippen LogP) is 2.64. The Balaban J connectivity index is 2.71. The number of aryl methyl sites for hydroxylation is 1. The zero-order valence-corrected chi connectivity index (χ0v) is 14.9.